The van der Waals surface area contributed by atoms with Crippen molar-refractivity contribution in [1.82, 2.24) is 14.7 Å². The van der Waals surface area contributed by atoms with Crippen molar-refractivity contribution in [3.05, 3.63) is 89.7 Å². The zero-order valence-electron chi connectivity index (χ0n) is 22.2. The molecule has 7 rings (SSSR count). The van der Waals surface area contributed by atoms with Crippen molar-refractivity contribution in [2.75, 3.05) is 37.1 Å². The van der Waals surface area contributed by atoms with Crippen molar-refractivity contribution < 1.29 is 23.5 Å². The van der Waals surface area contributed by atoms with Gasteiger partial charge in [0.25, 0.3) is 0 Å². The van der Waals surface area contributed by atoms with Crippen LogP contribution in [-0.2, 0) is 9.59 Å². The summed E-state index contributed by atoms with van der Waals surface area (Å²) >= 11 is 1.49. The maximum atomic E-state index is 14.0. The second-order valence-electron chi connectivity index (χ2n) is 10.2. The fourth-order valence-corrected chi connectivity index (χ4v) is 6.82. The van der Waals surface area contributed by atoms with E-state index in [9.17, 15) is 14.0 Å². The molecular formula is C31H27FN4O4S. The Morgan fingerprint density at radius 3 is 2.51 bits per heavy atom. The SMILES string of the molecule is O=C(CN1C(=O)CS[C@@H](c2ccc3c(c2)OCO3)c2c(-c3ccccc3)nn(-c3ccc(F)cc3)c21)N1CCCC1. The van der Waals surface area contributed by atoms with Gasteiger partial charge in [0.1, 0.15) is 18.2 Å². The maximum Gasteiger partial charge on any atom is 0.242 e. The normalized spacial score (nSPS) is 18.0. The Hall–Kier alpha value is -4.31. The highest BCUT2D eigenvalue weighted by molar-refractivity contribution is 8.00. The van der Waals surface area contributed by atoms with Gasteiger partial charge in [0.2, 0.25) is 18.6 Å². The van der Waals surface area contributed by atoms with Crippen molar-refractivity contribution in [2.24, 2.45) is 0 Å². The minimum Gasteiger partial charge on any atom is -0.454 e. The maximum absolute atomic E-state index is 14.0. The molecule has 0 saturated carbocycles. The molecule has 10 heteroatoms. The molecule has 3 aliphatic rings. The van der Waals surface area contributed by atoms with E-state index in [1.807, 2.05) is 53.4 Å². The smallest absolute Gasteiger partial charge is 0.242 e. The van der Waals surface area contributed by atoms with Crippen LogP contribution in [0.3, 0.4) is 0 Å². The van der Waals surface area contributed by atoms with Gasteiger partial charge in [0.15, 0.2) is 11.5 Å². The fourth-order valence-electron chi connectivity index (χ4n) is 5.63. The van der Waals surface area contributed by atoms with Crippen molar-refractivity contribution in [3.8, 4) is 28.4 Å². The summed E-state index contributed by atoms with van der Waals surface area (Å²) in [6, 6.07) is 21.6. The van der Waals surface area contributed by atoms with Gasteiger partial charge in [0, 0.05) is 24.2 Å². The lowest BCUT2D eigenvalue weighted by Crippen LogP contribution is -2.43. The molecule has 0 bridgehead atoms. The van der Waals surface area contributed by atoms with Gasteiger partial charge in [-0.15, -0.1) is 11.8 Å². The predicted molar refractivity (Wildman–Crippen MR) is 154 cm³/mol. The van der Waals surface area contributed by atoms with Crippen LogP contribution in [0.25, 0.3) is 16.9 Å². The number of benzene rings is 3. The highest BCUT2D eigenvalue weighted by Gasteiger charge is 2.39. The second kappa shape index (κ2) is 10.6. The predicted octanol–water partition coefficient (Wildman–Crippen LogP) is 5.20. The number of carbonyl (C=O) groups is 2. The number of nitrogens with zero attached hydrogens (tertiary/aromatic N) is 4. The van der Waals surface area contributed by atoms with Crippen molar-refractivity contribution in [1.29, 1.82) is 0 Å². The number of hydrogen-bond donors (Lipinski definition) is 0. The number of rotatable bonds is 5. The molecule has 208 valence electrons. The first-order valence-corrected chi connectivity index (χ1v) is 14.7. The van der Waals surface area contributed by atoms with E-state index in [4.69, 9.17) is 14.6 Å². The summed E-state index contributed by atoms with van der Waals surface area (Å²) in [7, 11) is 0. The minimum atomic E-state index is -0.374. The molecule has 3 aromatic carbocycles. The lowest BCUT2D eigenvalue weighted by atomic mass is 9.99. The molecule has 1 fully saturated rings. The zero-order chi connectivity index (χ0) is 27.9. The first kappa shape index (κ1) is 25.6. The van der Waals surface area contributed by atoms with Gasteiger partial charge < -0.3 is 14.4 Å². The molecule has 8 nitrogen and oxygen atoms in total. The standard InChI is InChI=1S/C31H27FN4O4S/c32-22-9-11-23(12-10-22)36-31-28(29(33-36)20-6-2-1-3-7-20)30(21-8-13-24-25(16-21)40-19-39-24)41-18-27(38)35(31)17-26(37)34-14-4-5-15-34/h1-3,6-13,16,30H,4-5,14-15,17-19H2/t30-/m0/s1. The lowest BCUT2D eigenvalue weighted by molar-refractivity contribution is -0.130. The van der Waals surface area contributed by atoms with E-state index in [0.29, 0.717) is 41.8 Å². The minimum absolute atomic E-state index is 0.0959. The number of halogens is 1. The van der Waals surface area contributed by atoms with Crippen LogP contribution in [0, 0.1) is 5.82 Å². The Bertz CT molecular complexity index is 1620. The van der Waals surface area contributed by atoms with Crippen LogP contribution in [-0.4, -0.2) is 58.7 Å². The number of thioether (sulfide) groups is 1. The molecule has 1 aromatic heterocycles. The number of carbonyl (C=O) groups excluding carboxylic acids is 2. The Balaban J connectivity index is 1.46. The highest BCUT2D eigenvalue weighted by Crippen LogP contribution is 2.50. The van der Waals surface area contributed by atoms with Crippen LogP contribution >= 0.6 is 11.8 Å². The third kappa shape index (κ3) is 4.72. The van der Waals surface area contributed by atoms with Crippen molar-refractivity contribution in [2.45, 2.75) is 18.1 Å². The summed E-state index contributed by atoms with van der Waals surface area (Å²) in [6.07, 6.45) is 1.91. The highest BCUT2D eigenvalue weighted by atomic mass is 32.2. The van der Waals surface area contributed by atoms with Crippen molar-refractivity contribution in [3.63, 3.8) is 0 Å². The number of fused-ring (bicyclic) bond motifs is 2. The van der Waals surface area contributed by atoms with E-state index in [1.165, 1.54) is 23.9 Å². The molecular weight excluding hydrogens is 543 g/mol. The Morgan fingerprint density at radius 2 is 1.73 bits per heavy atom. The molecule has 3 aliphatic heterocycles. The van der Waals surface area contributed by atoms with Crippen LogP contribution in [0.5, 0.6) is 11.5 Å². The van der Waals surface area contributed by atoms with Crippen LogP contribution in [0.4, 0.5) is 10.2 Å². The van der Waals surface area contributed by atoms with Gasteiger partial charge in [-0.25, -0.2) is 9.07 Å². The average Bonchev–Trinajstić information content (AvgIpc) is 3.76. The van der Waals surface area contributed by atoms with Gasteiger partial charge >= 0.3 is 0 Å². The van der Waals surface area contributed by atoms with Gasteiger partial charge in [0.05, 0.1) is 22.4 Å². The van der Waals surface area contributed by atoms with E-state index >= 15 is 0 Å². The molecule has 0 unspecified atom stereocenters. The number of anilines is 1. The Kier molecular flexibility index (Phi) is 6.62. The molecule has 1 atom stereocenters. The first-order valence-electron chi connectivity index (χ1n) is 13.6. The number of amides is 2. The topological polar surface area (TPSA) is 76.9 Å². The van der Waals surface area contributed by atoms with E-state index in [0.717, 1.165) is 29.5 Å². The van der Waals surface area contributed by atoms with Crippen LogP contribution < -0.4 is 14.4 Å². The van der Waals surface area contributed by atoms with Gasteiger partial charge in [-0.3, -0.25) is 14.5 Å². The van der Waals surface area contributed by atoms with Gasteiger partial charge in [-0.1, -0.05) is 36.4 Å². The number of likely N-dealkylation sites (tertiary alicyclic amines) is 1. The van der Waals surface area contributed by atoms with E-state index in [1.54, 1.807) is 21.7 Å². The summed E-state index contributed by atoms with van der Waals surface area (Å²) in [4.78, 5) is 30.7. The quantitative estimate of drug-likeness (QED) is 0.328. The number of aromatic nitrogens is 2. The molecule has 41 heavy (non-hydrogen) atoms. The Morgan fingerprint density at radius 1 is 0.976 bits per heavy atom. The zero-order valence-corrected chi connectivity index (χ0v) is 23.0. The third-order valence-electron chi connectivity index (χ3n) is 7.66. The molecule has 4 heterocycles. The summed E-state index contributed by atoms with van der Waals surface area (Å²) in [5.41, 5.74) is 3.89. The van der Waals surface area contributed by atoms with Crippen LogP contribution in [0.1, 0.15) is 29.2 Å². The average molecular weight is 571 g/mol. The van der Waals surface area contributed by atoms with E-state index in [2.05, 4.69) is 0 Å². The molecule has 0 spiro atoms. The lowest BCUT2D eigenvalue weighted by Gasteiger charge is -2.25. The molecule has 0 radical (unpaired) electrons. The molecule has 1 saturated heterocycles. The summed E-state index contributed by atoms with van der Waals surface area (Å²) in [6.45, 7) is 1.44. The molecule has 0 N–H and O–H groups in total. The monoisotopic (exact) mass is 570 g/mol. The third-order valence-corrected chi connectivity index (χ3v) is 8.91. The fraction of sp³-hybridized carbons (Fsp3) is 0.258. The van der Waals surface area contributed by atoms with E-state index < -0.39 is 0 Å². The summed E-state index contributed by atoms with van der Waals surface area (Å²) in [5, 5.41) is 4.74. The molecule has 2 amide bonds. The summed E-state index contributed by atoms with van der Waals surface area (Å²) < 4.78 is 26.9. The molecule has 4 aromatic rings. The van der Waals surface area contributed by atoms with E-state index in [-0.39, 0.29) is 42.0 Å². The van der Waals surface area contributed by atoms with Crippen LogP contribution in [0.15, 0.2) is 72.8 Å². The van der Waals surface area contributed by atoms with Crippen molar-refractivity contribution >= 4 is 29.4 Å². The first-order chi connectivity index (χ1) is 20.1. The largest absolute Gasteiger partial charge is 0.454 e. The van der Waals surface area contributed by atoms with Crippen LogP contribution in [0.2, 0.25) is 0 Å². The molecule has 0 aliphatic carbocycles. The van der Waals surface area contributed by atoms with Gasteiger partial charge in [-0.05, 0) is 54.8 Å². The summed E-state index contributed by atoms with van der Waals surface area (Å²) in [5.74, 6) is 1.34. The van der Waals surface area contributed by atoms with Gasteiger partial charge in [-0.2, -0.15) is 5.10 Å². The number of ether oxygens (including phenoxy) is 2. The Labute approximate surface area is 240 Å². The number of hydrogen-bond acceptors (Lipinski definition) is 6. The second-order valence-corrected chi connectivity index (χ2v) is 11.3.